The molecule has 2 N–H and O–H groups in total. The third-order valence-electron chi connectivity index (χ3n) is 16.7. The van der Waals surface area contributed by atoms with Gasteiger partial charge in [0.25, 0.3) is 0 Å². The van der Waals surface area contributed by atoms with Crippen molar-refractivity contribution < 1.29 is 55.4 Å². The number of esters is 1. The highest BCUT2D eigenvalue weighted by atomic mass is 32.1. The maximum absolute atomic E-state index is 12.0. The monoisotopic (exact) mass is 1350 g/mol. The number of benzene rings is 4. The Balaban J connectivity index is 0.000000137. The summed E-state index contributed by atoms with van der Waals surface area (Å²) < 4.78 is 57.4. The molecule has 0 radical (unpaired) electrons. The van der Waals surface area contributed by atoms with Crippen LogP contribution in [0.3, 0.4) is 0 Å². The average molecular weight is 1350 g/mol. The van der Waals surface area contributed by atoms with Crippen molar-refractivity contribution in [1.82, 2.24) is 20.4 Å². The van der Waals surface area contributed by atoms with Gasteiger partial charge in [-0.3, -0.25) is 14.5 Å². The van der Waals surface area contributed by atoms with Gasteiger partial charge in [0, 0.05) is 94.6 Å². The van der Waals surface area contributed by atoms with Crippen molar-refractivity contribution in [1.29, 1.82) is 0 Å². The predicted octanol–water partition coefficient (Wildman–Crippen LogP) is 18.1. The lowest BCUT2D eigenvalue weighted by Crippen LogP contribution is -2.38. The highest BCUT2D eigenvalue weighted by Crippen LogP contribution is 2.38. The van der Waals surface area contributed by atoms with E-state index in [-0.39, 0.29) is 55.8 Å². The Morgan fingerprint density at radius 3 is 1.52 bits per heavy atom. The van der Waals surface area contributed by atoms with Gasteiger partial charge in [0.15, 0.2) is 34.0 Å². The van der Waals surface area contributed by atoms with Gasteiger partial charge in [-0.1, -0.05) is 60.7 Å². The van der Waals surface area contributed by atoms with Crippen LogP contribution in [0.5, 0.6) is 23.0 Å². The van der Waals surface area contributed by atoms with Gasteiger partial charge in [-0.05, 0) is 154 Å². The lowest BCUT2D eigenvalue weighted by molar-refractivity contribution is -0.146. The lowest BCUT2D eigenvalue weighted by Gasteiger charge is -2.25. The number of carbonyl (C=O) groups is 2. The Morgan fingerprint density at radius 1 is 0.543 bits per heavy atom. The van der Waals surface area contributed by atoms with E-state index in [1.807, 2.05) is 128 Å². The molecule has 0 spiro atoms. The van der Waals surface area contributed by atoms with Crippen molar-refractivity contribution in [2.75, 3.05) is 53.4 Å². The number of hydrogen-bond acceptors (Lipinski definition) is 18. The molecule has 0 aliphatic carbocycles. The number of carbonyl (C=O) groups excluding carboxylic acids is 2. The van der Waals surface area contributed by atoms with Crippen molar-refractivity contribution >= 4 is 103 Å². The smallest absolute Gasteiger partial charge is 0.323 e. The maximum atomic E-state index is 12.0. The first-order chi connectivity index (χ1) is 45.7. The van der Waals surface area contributed by atoms with Crippen molar-refractivity contribution in [2.24, 2.45) is 0 Å². The van der Waals surface area contributed by atoms with Crippen LogP contribution in [0.4, 0.5) is 0 Å². The van der Waals surface area contributed by atoms with Gasteiger partial charge in [0.1, 0.15) is 41.8 Å². The third-order valence-corrected chi connectivity index (χ3v) is 19.6. The molecule has 4 aromatic carbocycles. The summed E-state index contributed by atoms with van der Waals surface area (Å²) in [4.78, 5) is 31.4. The van der Waals surface area contributed by atoms with Gasteiger partial charge in [0.2, 0.25) is 5.91 Å². The standard InChI is InChI=1S/C21H23NO4S.C20H23NO2S.C17H17NO3S.C16H17NO3.H2S/c1-24-21(23)16-6-3-11-22(16)12-9-17(19-8-4-14-27-19)26-18-7-2-5-15-10-13-25-20(15)18;1-15-5-3-11-21(15)12-9-17(19-8-4-14-24-19)23-18-7-2-6-16-10-13-22-20(16)18;1-12(19)18-9-7-14(16-6-3-11-22-16)21-15-5-2-4-13-8-10-20-17(13)15;1-17-8-5-14(12-6-9-18-11-12)20-16-4-2-3-15-13(16)7-10-19-15;/h2,4-5,7-8,10,13-14,16-17H,3,6,9,11-12H2,1H3;2,4,6-8,10,13-15,17H,3,5,9,11-12H2,1H3;2-6,8,10-11,14H,7,9H2,1H3,(H,18,19);2-4,6-7,9-11,14,17H,5,8H2,1H3;1H2/t16?,17-;15-,17-;2*14-;/m0000./s1. The Morgan fingerprint density at radius 2 is 1.03 bits per heavy atom. The van der Waals surface area contributed by atoms with Crippen molar-refractivity contribution in [3.05, 3.63) is 213 Å². The summed E-state index contributed by atoms with van der Waals surface area (Å²) in [5, 5.41) is 16.3. The molecule has 14 rings (SSSR count). The van der Waals surface area contributed by atoms with Gasteiger partial charge in [-0.25, -0.2) is 0 Å². The molecule has 2 aliphatic heterocycles. The number of nitrogens with one attached hydrogen (secondary N) is 2. The van der Waals surface area contributed by atoms with E-state index in [0.29, 0.717) is 19.0 Å². The number of hydrogen-bond donors (Lipinski definition) is 2. The fraction of sp³-hybridized carbons (Fsp3) is 0.324. The van der Waals surface area contributed by atoms with E-state index in [1.54, 1.807) is 71.6 Å². The predicted molar refractivity (Wildman–Crippen MR) is 378 cm³/mol. The largest absolute Gasteiger partial charge is 0.485 e. The number of thiophene rings is 3. The molecule has 2 aliphatic rings. The molecule has 0 bridgehead atoms. The first-order valence-electron chi connectivity index (χ1n) is 31.8. The Hall–Kier alpha value is -8.21. The molecule has 94 heavy (non-hydrogen) atoms. The molecular weight excluding hydrogens is 1270 g/mol. The zero-order valence-corrected chi connectivity index (χ0v) is 56.8. The van der Waals surface area contributed by atoms with Gasteiger partial charge >= 0.3 is 5.97 Å². The molecule has 12 aromatic rings. The first-order valence-corrected chi connectivity index (χ1v) is 34.4. The third kappa shape index (κ3) is 18.2. The quantitative estimate of drug-likeness (QED) is 0.0516. The fourth-order valence-corrected chi connectivity index (χ4v) is 14.2. The second-order valence-corrected chi connectivity index (χ2v) is 25.8. The first kappa shape index (κ1) is 68.6. The summed E-state index contributed by atoms with van der Waals surface area (Å²) in [6.07, 6.45) is 17.9. The van der Waals surface area contributed by atoms with Gasteiger partial charge in [-0.15, -0.1) is 34.0 Å². The Labute approximate surface area is 567 Å². The molecule has 8 aromatic heterocycles. The van der Waals surface area contributed by atoms with Crippen LogP contribution in [0.1, 0.15) is 110 Å². The fourth-order valence-electron chi connectivity index (χ4n) is 11.9. The number of ether oxygens (including phenoxy) is 5. The van der Waals surface area contributed by atoms with E-state index in [0.717, 1.165) is 136 Å². The van der Waals surface area contributed by atoms with Crippen LogP contribution in [-0.2, 0) is 14.3 Å². The van der Waals surface area contributed by atoms with Gasteiger partial charge in [0.05, 0.1) is 50.1 Å². The molecular formula is C74H82N4O12S4. The SMILES string of the molecule is CC(=O)NCC[C@H](Oc1cccc2ccoc12)c1cccs1.CNCC[C@H](Oc1cccc2occc12)c1ccoc1.COC(=O)C1CCCN1CC[C@H](Oc1cccc2ccoc12)c1cccs1.C[C@H]1CCCN1CC[C@H](Oc1cccc2ccoc12)c1cccs1.S. The number of amides is 1. The zero-order chi connectivity index (χ0) is 64.1. The Bertz CT molecular complexity index is 4140. The molecule has 2 fully saturated rings. The molecule has 16 nitrogen and oxygen atoms in total. The lowest BCUT2D eigenvalue weighted by atomic mass is 10.1. The number of methoxy groups -OCH3 is 1. The average Bonchev–Trinajstić information content (AvgIpc) is 1.99. The van der Waals surface area contributed by atoms with Crippen LogP contribution in [0, 0.1) is 0 Å². The summed E-state index contributed by atoms with van der Waals surface area (Å²) >= 11 is 5.10. The van der Waals surface area contributed by atoms with E-state index in [4.69, 9.17) is 45.8 Å². The van der Waals surface area contributed by atoms with Crippen molar-refractivity contribution in [2.45, 2.75) is 102 Å². The van der Waals surface area contributed by atoms with Crippen LogP contribution in [0.25, 0.3) is 43.9 Å². The van der Waals surface area contributed by atoms with Crippen LogP contribution in [-0.4, -0.2) is 87.2 Å². The second-order valence-electron chi connectivity index (χ2n) is 22.9. The molecule has 0 saturated carbocycles. The Kier molecular flexibility index (Phi) is 25.4. The molecule has 1 unspecified atom stereocenters. The highest BCUT2D eigenvalue weighted by molar-refractivity contribution is 7.59. The zero-order valence-electron chi connectivity index (χ0n) is 53.4. The highest BCUT2D eigenvalue weighted by Gasteiger charge is 2.32. The molecule has 1 amide bonds. The van der Waals surface area contributed by atoms with Gasteiger partial charge in [-0.2, -0.15) is 13.5 Å². The summed E-state index contributed by atoms with van der Waals surface area (Å²) in [5.41, 5.74) is 4.24. The van der Waals surface area contributed by atoms with E-state index in [2.05, 4.69) is 62.4 Å². The van der Waals surface area contributed by atoms with E-state index < -0.39 is 0 Å². The van der Waals surface area contributed by atoms with E-state index in [9.17, 15) is 9.59 Å². The van der Waals surface area contributed by atoms with E-state index >= 15 is 0 Å². The van der Waals surface area contributed by atoms with Crippen molar-refractivity contribution in [3.8, 4) is 23.0 Å². The number of furan rings is 5. The van der Waals surface area contributed by atoms with Crippen LogP contribution >= 0.6 is 47.5 Å². The van der Waals surface area contributed by atoms with Gasteiger partial charge < -0.3 is 61.3 Å². The summed E-state index contributed by atoms with van der Waals surface area (Å²) in [7, 11) is 3.39. The number of likely N-dealkylation sites (tertiary alicyclic amines) is 2. The normalized spacial score (nSPS) is 16.0. The number of rotatable bonds is 25. The molecule has 6 atom stereocenters. The molecule has 20 heteroatoms. The van der Waals surface area contributed by atoms with Crippen LogP contribution < -0.4 is 29.6 Å². The molecule has 2 saturated heterocycles. The molecule has 494 valence electrons. The minimum Gasteiger partial charge on any atom is -0.485 e. The number of nitrogens with zero attached hydrogens (tertiary/aromatic N) is 2. The van der Waals surface area contributed by atoms with Crippen molar-refractivity contribution in [3.63, 3.8) is 0 Å². The topological polar surface area (TPSA) is 177 Å². The van der Waals surface area contributed by atoms with Crippen LogP contribution in [0.15, 0.2) is 215 Å². The summed E-state index contributed by atoms with van der Waals surface area (Å²) in [5.74, 6) is 2.98. The minimum absolute atomic E-state index is 0. The number of para-hydroxylation sites is 3. The number of fused-ring (bicyclic) bond motifs is 4. The summed E-state index contributed by atoms with van der Waals surface area (Å²) in [6.45, 7) is 9.30. The molecule has 10 heterocycles. The maximum Gasteiger partial charge on any atom is 0.323 e. The minimum atomic E-state index is -0.138. The summed E-state index contributed by atoms with van der Waals surface area (Å²) in [6, 6.07) is 46.4. The second kappa shape index (κ2) is 34.8. The van der Waals surface area contributed by atoms with E-state index in [1.165, 1.54) is 43.2 Å². The van der Waals surface area contributed by atoms with Crippen LogP contribution in [0.2, 0.25) is 0 Å².